The minimum absolute atomic E-state index is 0.779. The summed E-state index contributed by atoms with van der Waals surface area (Å²) < 4.78 is 0. The third-order valence-corrected chi connectivity index (χ3v) is 7.41. The van der Waals surface area contributed by atoms with Crippen LogP contribution < -0.4 is 0 Å². The van der Waals surface area contributed by atoms with Crippen LogP contribution in [-0.2, 0) is 0 Å². The minimum Gasteiger partial charge on any atom is -0.293 e. The second-order valence-electron chi connectivity index (χ2n) is 6.13. The molecule has 0 radical (unpaired) electrons. The second kappa shape index (κ2) is 7.90. The van der Waals surface area contributed by atoms with E-state index in [0.717, 1.165) is 11.8 Å². The molecule has 0 bridgehead atoms. The average molecular weight is 294 g/mol. The lowest BCUT2D eigenvalue weighted by molar-refractivity contribution is 0.743. The second-order valence-corrected chi connectivity index (χ2v) is 15.8. The fourth-order valence-electron chi connectivity index (χ4n) is 2.05. The van der Waals surface area contributed by atoms with Crippen LogP contribution >= 0.6 is 11.2 Å². The molecule has 19 heavy (non-hydrogen) atoms. The van der Waals surface area contributed by atoms with Crippen LogP contribution in [0.1, 0.15) is 30.9 Å². The monoisotopic (exact) mass is 293 g/mol. The summed E-state index contributed by atoms with van der Waals surface area (Å²) >= 11 is 2.20. The summed E-state index contributed by atoms with van der Waals surface area (Å²) in [5.74, 6) is 0. The Morgan fingerprint density at radius 2 is 2.05 bits per heavy atom. The van der Waals surface area contributed by atoms with Gasteiger partial charge in [-0.3, -0.25) is 4.99 Å². The highest BCUT2D eigenvalue weighted by molar-refractivity contribution is 8.29. The molecule has 1 atom stereocenters. The molecule has 0 aliphatic carbocycles. The standard InChI is InChI=1S/C16H27NSSi/c1-14-8-6-10-16(12-14)13-17-11-7-9-15(2)18-19(3,4)5/h6,8,10,12-13,15H,7,9,11H2,1-5H3/b17-13+. The molecule has 1 unspecified atom stereocenters. The maximum absolute atomic E-state index is 4.53. The van der Waals surface area contributed by atoms with E-state index in [0.29, 0.717) is 0 Å². The van der Waals surface area contributed by atoms with Crippen LogP contribution in [0.25, 0.3) is 0 Å². The Balaban J connectivity index is 2.24. The van der Waals surface area contributed by atoms with Crippen molar-refractivity contribution in [3.8, 4) is 0 Å². The predicted molar refractivity (Wildman–Crippen MR) is 93.3 cm³/mol. The van der Waals surface area contributed by atoms with Gasteiger partial charge in [0.1, 0.15) is 7.22 Å². The Hall–Kier alpha value is -0.543. The van der Waals surface area contributed by atoms with Gasteiger partial charge in [-0.25, -0.2) is 0 Å². The Labute approximate surface area is 123 Å². The number of hydrogen-bond acceptors (Lipinski definition) is 2. The number of nitrogens with zero attached hydrogens (tertiary/aromatic N) is 1. The van der Waals surface area contributed by atoms with E-state index in [1.807, 2.05) is 6.21 Å². The zero-order valence-corrected chi connectivity index (χ0v) is 14.8. The normalized spacial score (nSPS) is 13.9. The molecular formula is C16H27NSSi. The number of aliphatic imine (C=N–C) groups is 1. The third-order valence-electron chi connectivity index (χ3n) is 2.74. The van der Waals surface area contributed by atoms with E-state index in [1.165, 1.54) is 24.0 Å². The van der Waals surface area contributed by atoms with Gasteiger partial charge in [0.2, 0.25) is 0 Å². The zero-order valence-electron chi connectivity index (χ0n) is 12.9. The summed E-state index contributed by atoms with van der Waals surface area (Å²) in [7, 11) is -0.969. The Bertz CT molecular complexity index is 409. The van der Waals surface area contributed by atoms with Gasteiger partial charge in [-0.05, 0) is 30.6 Å². The molecule has 0 saturated heterocycles. The van der Waals surface area contributed by atoms with Crippen LogP contribution in [-0.4, -0.2) is 25.2 Å². The number of benzene rings is 1. The van der Waals surface area contributed by atoms with Crippen molar-refractivity contribution in [3.05, 3.63) is 35.4 Å². The van der Waals surface area contributed by atoms with E-state index in [9.17, 15) is 0 Å². The summed E-state index contributed by atoms with van der Waals surface area (Å²) in [5, 5.41) is 0.779. The molecule has 3 heteroatoms. The molecule has 1 aromatic rings. The quantitative estimate of drug-likeness (QED) is 0.385. The van der Waals surface area contributed by atoms with Crippen molar-refractivity contribution >= 4 is 24.6 Å². The topological polar surface area (TPSA) is 12.4 Å². The fourth-order valence-corrected chi connectivity index (χ4v) is 7.52. The van der Waals surface area contributed by atoms with E-state index >= 15 is 0 Å². The van der Waals surface area contributed by atoms with Gasteiger partial charge in [-0.2, -0.15) is 11.2 Å². The number of rotatable bonds is 7. The van der Waals surface area contributed by atoms with Gasteiger partial charge in [0.05, 0.1) is 0 Å². The van der Waals surface area contributed by atoms with Crippen LogP contribution in [0.3, 0.4) is 0 Å². The first kappa shape index (κ1) is 16.5. The lowest BCUT2D eigenvalue weighted by Crippen LogP contribution is -2.18. The van der Waals surface area contributed by atoms with Crippen molar-refractivity contribution in [1.82, 2.24) is 0 Å². The summed E-state index contributed by atoms with van der Waals surface area (Å²) in [6, 6.07) is 8.49. The van der Waals surface area contributed by atoms with E-state index < -0.39 is 7.22 Å². The molecular weight excluding hydrogens is 266 g/mol. The lowest BCUT2D eigenvalue weighted by Gasteiger charge is -2.20. The van der Waals surface area contributed by atoms with Crippen LogP contribution in [0, 0.1) is 6.92 Å². The highest BCUT2D eigenvalue weighted by Crippen LogP contribution is 2.27. The summed E-state index contributed by atoms with van der Waals surface area (Å²) in [4.78, 5) is 4.53. The van der Waals surface area contributed by atoms with Crippen molar-refractivity contribution in [3.63, 3.8) is 0 Å². The van der Waals surface area contributed by atoms with Crippen LogP contribution in [0.15, 0.2) is 29.3 Å². The first-order valence-corrected chi connectivity index (χ1v) is 12.2. The molecule has 1 rings (SSSR count). The van der Waals surface area contributed by atoms with Gasteiger partial charge in [-0.15, -0.1) is 0 Å². The molecule has 1 aromatic carbocycles. The molecule has 0 spiro atoms. The molecule has 0 aliphatic rings. The van der Waals surface area contributed by atoms with E-state index in [1.54, 1.807) is 0 Å². The molecule has 0 aromatic heterocycles. The van der Waals surface area contributed by atoms with Gasteiger partial charge >= 0.3 is 0 Å². The molecule has 106 valence electrons. The van der Waals surface area contributed by atoms with Crippen LogP contribution in [0.5, 0.6) is 0 Å². The molecule has 0 aliphatic heterocycles. The smallest absolute Gasteiger partial charge is 0.108 e. The molecule has 0 saturated carbocycles. The van der Waals surface area contributed by atoms with Crippen molar-refractivity contribution in [2.75, 3.05) is 6.54 Å². The van der Waals surface area contributed by atoms with E-state index in [-0.39, 0.29) is 0 Å². The van der Waals surface area contributed by atoms with Gasteiger partial charge in [0.15, 0.2) is 0 Å². The van der Waals surface area contributed by atoms with Gasteiger partial charge in [0, 0.05) is 12.8 Å². The summed E-state index contributed by atoms with van der Waals surface area (Å²) in [6.07, 6.45) is 4.48. The van der Waals surface area contributed by atoms with E-state index in [4.69, 9.17) is 0 Å². The maximum Gasteiger partial charge on any atom is 0.108 e. The zero-order chi connectivity index (χ0) is 14.3. The highest BCUT2D eigenvalue weighted by Gasteiger charge is 2.17. The molecule has 0 amide bonds. The van der Waals surface area contributed by atoms with Gasteiger partial charge in [-0.1, -0.05) is 56.4 Å². The minimum atomic E-state index is -0.969. The molecule has 0 N–H and O–H groups in total. The molecule has 0 fully saturated rings. The Morgan fingerprint density at radius 1 is 1.32 bits per heavy atom. The summed E-state index contributed by atoms with van der Waals surface area (Å²) in [5.41, 5.74) is 2.51. The van der Waals surface area contributed by atoms with Crippen LogP contribution in [0.4, 0.5) is 0 Å². The first-order chi connectivity index (χ1) is 8.87. The molecule has 0 heterocycles. The fraction of sp³-hybridized carbons (Fsp3) is 0.562. The third kappa shape index (κ3) is 8.27. The SMILES string of the molecule is Cc1cccc(/C=N/CCCC(C)S[Si](C)(C)C)c1. The van der Waals surface area contributed by atoms with Crippen molar-refractivity contribution in [1.29, 1.82) is 0 Å². The van der Waals surface area contributed by atoms with Crippen molar-refractivity contribution in [2.45, 2.75) is 51.6 Å². The molecule has 1 nitrogen and oxygen atoms in total. The highest BCUT2D eigenvalue weighted by atomic mass is 32.4. The van der Waals surface area contributed by atoms with Gasteiger partial charge < -0.3 is 0 Å². The average Bonchev–Trinajstić information content (AvgIpc) is 2.26. The predicted octanol–water partition coefficient (Wildman–Crippen LogP) is 5.15. The maximum atomic E-state index is 4.53. The number of hydrogen-bond donors (Lipinski definition) is 0. The summed E-state index contributed by atoms with van der Waals surface area (Å²) in [6.45, 7) is 12.7. The van der Waals surface area contributed by atoms with Crippen molar-refractivity contribution < 1.29 is 0 Å². The van der Waals surface area contributed by atoms with Gasteiger partial charge in [0.25, 0.3) is 0 Å². The first-order valence-electron chi connectivity index (χ1n) is 7.11. The van der Waals surface area contributed by atoms with Crippen LogP contribution in [0.2, 0.25) is 19.6 Å². The largest absolute Gasteiger partial charge is 0.293 e. The Morgan fingerprint density at radius 3 is 2.68 bits per heavy atom. The lowest BCUT2D eigenvalue weighted by atomic mass is 10.1. The van der Waals surface area contributed by atoms with Crippen molar-refractivity contribution in [2.24, 2.45) is 4.99 Å². The number of aryl methyl sites for hydroxylation is 1. The van der Waals surface area contributed by atoms with E-state index in [2.05, 4.69) is 74.0 Å². The Kier molecular flexibility index (Phi) is 6.87.